The van der Waals surface area contributed by atoms with Crippen LogP contribution in [0.15, 0.2) is 18.2 Å². The number of carbonyl (C=O) groups excluding carboxylic acids is 1. The number of halogens is 3. The predicted molar refractivity (Wildman–Crippen MR) is 51.9 cm³/mol. The van der Waals surface area contributed by atoms with Crippen molar-refractivity contribution >= 4 is 11.6 Å². The van der Waals surface area contributed by atoms with Gasteiger partial charge in [-0.2, -0.15) is 13.2 Å². The Kier molecular flexibility index (Phi) is 3.38. The standard InChI is InChI=1S/C9H10F3N3O/c10-9(11,12)6-2-1-5(7(13)4-6)3-8(16)15-14/h1-2,4H,3,13-14H2,(H,15,16). The van der Waals surface area contributed by atoms with Gasteiger partial charge in [-0.05, 0) is 17.7 Å². The molecule has 0 aliphatic heterocycles. The maximum Gasteiger partial charge on any atom is 0.416 e. The minimum atomic E-state index is -4.44. The summed E-state index contributed by atoms with van der Waals surface area (Å²) in [5.41, 5.74) is 6.64. The summed E-state index contributed by atoms with van der Waals surface area (Å²) >= 11 is 0. The summed E-state index contributed by atoms with van der Waals surface area (Å²) in [6.07, 6.45) is -4.59. The van der Waals surface area contributed by atoms with Crippen molar-refractivity contribution in [3.8, 4) is 0 Å². The first-order chi connectivity index (χ1) is 7.34. The molecular weight excluding hydrogens is 223 g/mol. The number of hydrogen-bond acceptors (Lipinski definition) is 3. The topological polar surface area (TPSA) is 81.1 Å². The van der Waals surface area contributed by atoms with E-state index in [4.69, 9.17) is 11.6 Å². The Bertz CT molecular complexity index is 403. The van der Waals surface area contributed by atoms with Crippen molar-refractivity contribution in [3.63, 3.8) is 0 Å². The van der Waals surface area contributed by atoms with Crippen LogP contribution in [-0.2, 0) is 17.4 Å². The lowest BCUT2D eigenvalue weighted by Crippen LogP contribution is -2.31. The van der Waals surface area contributed by atoms with Gasteiger partial charge in [-0.3, -0.25) is 10.2 Å². The minimum Gasteiger partial charge on any atom is -0.398 e. The van der Waals surface area contributed by atoms with Gasteiger partial charge >= 0.3 is 6.18 Å². The van der Waals surface area contributed by atoms with E-state index >= 15 is 0 Å². The van der Waals surface area contributed by atoms with Crippen molar-refractivity contribution in [2.45, 2.75) is 12.6 Å². The number of nitrogens with one attached hydrogen (secondary N) is 1. The maximum absolute atomic E-state index is 12.3. The van der Waals surface area contributed by atoms with Gasteiger partial charge in [-0.1, -0.05) is 6.07 Å². The van der Waals surface area contributed by atoms with E-state index in [9.17, 15) is 18.0 Å². The fraction of sp³-hybridized carbons (Fsp3) is 0.222. The van der Waals surface area contributed by atoms with Gasteiger partial charge in [0, 0.05) is 5.69 Å². The molecule has 0 unspecified atom stereocenters. The summed E-state index contributed by atoms with van der Waals surface area (Å²) in [7, 11) is 0. The van der Waals surface area contributed by atoms with Gasteiger partial charge in [-0.15, -0.1) is 0 Å². The molecule has 5 N–H and O–H groups in total. The van der Waals surface area contributed by atoms with Gasteiger partial charge in [0.1, 0.15) is 0 Å². The molecule has 88 valence electrons. The van der Waals surface area contributed by atoms with E-state index in [1.165, 1.54) is 0 Å². The van der Waals surface area contributed by atoms with Crippen molar-refractivity contribution in [2.75, 3.05) is 5.73 Å². The third-order valence-electron chi connectivity index (χ3n) is 1.99. The Morgan fingerprint density at radius 3 is 2.44 bits per heavy atom. The monoisotopic (exact) mass is 233 g/mol. The fourth-order valence-corrected chi connectivity index (χ4v) is 1.16. The normalized spacial score (nSPS) is 11.2. The van der Waals surface area contributed by atoms with E-state index < -0.39 is 17.6 Å². The quantitative estimate of drug-likeness (QED) is 0.306. The molecule has 1 amide bonds. The molecule has 0 atom stereocenters. The second-order valence-corrected chi connectivity index (χ2v) is 3.16. The van der Waals surface area contributed by atoms with Crippen LogP contribution < -0.4 is 17.0 Å². The van der Waals surface area contributed by atoms with Crippen molar-refractivity contribution < 1.29 is 18.0 Å². The molecule has 0 heterocycles. The Morgan fingerprint density at radius 1 is 1.38 bits per heavy atom. The highest BCUT2D eigenvalue weighted by atomic mass is 19.4. The highest BCUT2D eigenvalue weighted by Gasteiger charge is 2.30. The molecule has 4 nitrogen and oxygen atoms in total. The van der Waals surface area contributed by atoms with Crippen molar-refractivity contribution in [1.82, 2.24) is 5.43 Å². The van der Waals surface area contributed by atoms with Crippen molar-refractivity contribution in [2.24, 2.45) is 5.84 Å². The first-order valence-corrected chi connectivity index (χ1v) is 4.29. The van der Waals surface area contributed by atoms with Crippen LogP contribution in [0.2, 0.25) is 0 Å². The summed E-state index contributed by atoms with van der Waals surface area (Å²) in [5, 5.41) is 0. The minimum absolute atomic E-state index is 0.0848. The number of anilines is 1. The lowest BCUT2D eigenvalue weighted by atomic mass is 10.1. The molecule has 0 aliphatic carbocycles. The highest BCUT2D eigenvalue weighted by Crippen LogP contribution is 2.31. The van der Waals surface area contributed by atoms with Gasteiger partial charge in [0.05, 0.1) is 12.0 Å². The number of hydrogen-bond donors (Lipinski definition) is 3. The molecule has 16 heavy (non-hydrogen) atoms. The molecule has 0 spiro atoms. The fourth-order valence-electron chi connectivity index (χ4n) is 1.16. The molecular formula is C9H10F3N3O. The van der Waals surface area contributed by atoms with E-state index in [-0.39, 0.29) is 12.1 Å². The van der Waals surface area contributed by atoms with E-state index in [1.807, 2.05) is 5.43 Å². The zero-order valence-electron chi connectivity index (χ0n) is 8.14. The number of rotatable bonds is 2. The van der Waals surface area contributed by atoms with E-state index in [0.717, 1.165) is 18.2 Å². The zero-order valence-corrected chi connectivity index (χ0v) is 8.14. The zero-order chi connectivity index (χ0) is 12.3. The largest absolute Gasteiger partial charge is 0.416 e. The van der Waals surface area contributed by atoms with Crippen LogP contribution in [0.3, 0.4) is 0 Å². The molecule has 0 aromatic heterocycles. The number of hydrazine groups is 1. The molecule has 1 aromatic carbocycles. The third-order valence-corrected chi connectivity index (χ3v) is 1.99. The summed E-state index contributed by atoms with van der Waals surface area (Å²) in [6.45, 7) is 0. The Hall–Kier alpha value is -1.76. The third kappa shape index (κ3) is 2.86. The second kappa shape index (κ2) is 4.40. The number of carbonyl (C=O) groups is 1. The van der Waals surface area contributed by atoms with Gasteiger partial charge in [0.25, 0.3) is 0 Å². The van der Waals surface area contributed by atoms with Crippen LogP contribution in [-0.4, -0.2) is 5.91 Å². The van der Waals surface area contributed by atoms with Crippen LogP contribution in [0.5, 0.6) is 0 Å². The molecule has 0 saturated carbocycles. The Labute approximate surface area is 89.4 Å². The molecule has 0 fully saturated rings. The van der Waals surface area contributed by atoms with Crippen molar-refractivity contribution in [3.05, 3.63) is 29.3 Å². The summed E-state index contributed by atoms with van der Waals surface area (Å²) < 4.78 is 36.8. The van der Waals surface area contributed by atoms with Gasteiger partial charge < -0.3 is 5.73 Å². The molecule has 0 saturated heterocycles. The van der Waals surface area contributed by atoms with E-state index in [1.54, 1.807) is 0 Å². The lowest BCUT2D eigenvalue weighted by molar-refractivity contribution is -0.137. The molecule has 1 aromatic rings. The Morgan fingerprint density at radius 2 is 2.00 bits per heavy atom. The first-order valence-electron chi connectivity index (χ1n) is 4.29. The molecule has 7 heteroatoms. The molecule has 0 aliphatic rings. The molecule has 1 rings (SSSR count). The van der Waals surface area contributed by atoms with Crippen LogP contribution in [0, 0.1) is 0 Å². The van der Waals surface area contributed by atoms with Crippen molar-refractivity contribution in [1.29, 1.82) is 0 Å². The van der Waals surface area contributed by atoms with Gasteiger partial charge in [-0.25, -0.2) is 5.84 Å². The van der Waals surface area contributed by atoms with Crippen LogP contribution in [0.25, 0.3) is 0 Å². The predicted octanol–water partition coefficient (Wildman–Crippen LogP) is 0.820. The number of amides is 1. The number of benzene rings is 1. The van der Waals surface area contributed by atoms with Crippen LogP contribution in [0.1, 0.15) is 11.1 Å². The number of alkyl halides is 3. The Balaban J connectivity index is 2.96. The molecule has 0 bridgehead atoms. The smallest absolute Gasteiger partial charge is 0.398 e. The first kappa shape index (κ1) is 12.3. The average Bonchev–Trinajstić information content (AvgIpc) is 2.19. The van der Waals surface area contributed by atoms with Gasteiger partial charge in [0.2, 0.25) is 5.91 Å². The second-order valence-electron chi connectivity index (χ2n) is 3.16. The lowest BCUT2D eigenvalue weighted by Gasteiger charge is -2.10. The van der Waals surface area contributed by atoms with E-state index in [2.05, 4.69) is 0 Å². The summed E-state index contributed by atoms with van der Waals surface area (Å²) in [5.74, 6) is 4.33. The number of nitrogen functional groups attached to an aromatic ring is 1. The van der Waals surface area contributed by atoms with E-state index in [0.29, 0.717) is 5.56 Å². The number of nitrogens with two attached hydrogens (primary N) is 2. The van der Waals surface area contributed by atoms with Crippen LogP contribution >= 0.6 is 0 Å². The van der Waals surface area contributed by atoms with Gasteiger partial charge in [0.15, 0.2) is 0 Å². The summed E-state index contributed by atoms with van der Waals surface area (Å²) in [6, 6.07) is 2.82. The molecule has 0 radical (unpaired) electrons. The summed E-state index contributed by atoms with van der Waals surface area (Å²) in [4.78, 5) is 10.9. The SMILES string of the molecule is NNC(=O)Cc1ccc(C(F)(F)F)cc1N. The van der Waals surface area contributed by atoms with Crippen LogP contribution in [0.4, 0.5) is 18.9 Å². The average molecular weight is 233 g/mol. The maximum atomic E-state index is 12.3. The highest BCUT2D eigenvalue weighted by molar-refractivity contribution is 5.79.